The van der Waals surface area contributed by atoms with Gasteiger partial charge in [-0.25, -0.2) is 9.67 Å². The van der Waals surface area contributed by atoms with E-state index in [-0.39, 0.29) is 11.9 Å². The van der Waals surface area contributed by atoms with Crippen molar-refractivity contribution >= 4 is 27.5 Å². The number of hydrogen-bond donors (Lipinski definition) is 0. The number of aryl methyl sites for hydroxylation is 1. The van der Waals surface area contributed by atoms with Gasteiger partial charge in [0.25, 0.3) is 0 Å². The van der Waals surface area contributed by atoms with Crippen LogP contribution in [0.3, 0.4) is 0 Å². The molecule has 0 N–H and O–H groups in total. The highest BCUT2D eigenvalue weighted by atomic mass is 32.1. The summed E-state index contributed by atoms with van der Waals surface area (Å²) in [4.78, 5) is 20.3. The molecule has 2 aromatic heterocycles. The molecule has 1 amide bonds. The first-order valence-corrected chi connectivity index (χ1v) is 12.2. The predicted molar refractivity (Wildman–Crippen MR) is 129 cm³/mol. The Hall–Kier alpha value is -2.99. The van der Waals surface area contributed by atoms with Gasteiger partial charge in [-0.1, -0.05) is 30.3 Å². The monoisotopic (exact) mass is 444 g/mol. The first kappa shape index (κ1) is 20.9. The van der Waals surface area contributed by atoms with Gasteiger partial charge in [-0.2, -0.15) is 5.10 Å². The van der Waals surface area contributed by atoms with E-state index < -0.39 is 0 Å². The lowest BCUT2D eigenvalue weighted by atomic mass is 10.0. The molecule has 0 saturated carbocycles. The Morgan fingerprint density at radius 1 is 1.06 bits per heavy atom. The smallest absolute Gasteiger partial charge is 0.223 e. The minimum absolute atomic E-state index is 0.0999. The first-order chi connectivity index (χ1) is 15.6. The fourth-order valence-corrected chi connectivity index (χ4v) is 5.87. The molecule has 32 heavy (non-hydrogen) atoms. The number of nitrogens with zero attached hydrogens (tertiary/aromatic N) is 4. The van der Waals surface area contributed by atoms with Crippen LogP contribution in [0.15, 0.2) is 54.6 Å². The molecule has 2 aromatic carbocycles. The molecule has 0 radical (unpaired) electrons. The van der Waals surface area contributed by atoms with Crippen LogP contribution in [0.25, 0.3) is 15.9 Å². The van der Waals surface area contributed by atoms with Gasteiger partial charge in [0, 0.05) is 18.7 Å². The van der Waals surface area contributed by atoms with E-state index in [9.17, 15) is 4.79 Å². The van der Waals surface area contributed by atoms with E-state index in [0.29, 0.717) is 12.8 Å². The topological polar surface area (TPSA) is 51.0 Å². The van der Waals surface area contributed by atoms with Crippen molar-refractivity contribution in [3.8, 4) is 5.69 Å². The number of carbonyl (C=O) groups excluding carboxylic acids is 1. The van der Waals surface area contributed by atoms with Gasteiger partial charge >= 0.3 is 0 Å². The molecule has 1 fully saturated rings. The minimum atomic E-state index is 0.0999. The van der Waals surface area contributed by atoms with Gasteiger partial charge in [0.2, 0.25) is 5.91 Å². The third-order valence-corrected chi connectivity index (χ3v) is 7.59. The zero-order valence-corrected chi connectivity index (χ0v) is 19.4. The molecule has 0 spiro atoms. The van der Waals surface area contributed by atoms with Crippen LogP contribution in [0, 0.1) is 13.8 Å². The van der Waals surface area contributed by atoms with Crippen molar-refractivity contribution in [1.82, 2.24) is 19.7 Å². The Balaban J connectivity index is 1.33. The van der Waals surface area contributed by atoms with E-state index in [4.69, 9.17) is 10.1 Å². The molecule has 6 heteroatoms. The molecule has 5 nitrogen and oxygen atoms in total. The summed E-state index contributed by atoms with van der Waals surface area (Å²) in [5.74, 6) is 0.222. The molecule has 1 saturated heterocycles. The van der Waals surface area contributed by atoms with Gasteiger partial charge in [0.05, 0.1) is 27.6 Å². The molecule has 5 rings (SSSR count). The van der Waals surface area contributed by atoms with Crippen molar-refractivity contribution in [3.05, 3.63) is 76.6 Å². The molecular weight excluding hydrogens is 416 g/mol. The summed E-state index contributed by atoms with van der Waals surface area (Å²) in [6, 6.07) is 18.5. The summed E-state index contributed by atoms with van der Waals surface area (Å²) in [6.45, 7) is 4.95. The van der Waals surface area contributed by atoms with Gasteiger partial charge in [0.1, 0.15) is 5.01 Å². The zero-order chi connectivity index (χ0) is 22.1. The van der Waals surface area contributed by atoms with Gasteiger partial charge in [-0.3, -0.25) is 4.79 Å². The largest absolute Gasteiger partial charge is 0.333 e. The lowest BCUT2D eigenvalue weighted by molar-refractivity contribution is -0.135. The predicted octanol–water partition coefficient (Wildman–Crippen LogP) is 5.79. The van der Waals surface area contributed by atoms with Crippen LogP contribution in [0.1, 0.15) is 53.7 Å². The molecule has 0 bridgehead atoms. The second kappa shape index (κ2) is 8.87. The van der Waals surface area contributed by atoms with Crippen LogP contribution in [-0.2, 0) is 11.2 Å². The summed E-state index contributed by atoms with van der Waals surface area (Å²) in [5.41, 5.74) is 5.38. The van der Waals surface area contributed by atoms with E-state index in [1.165, 1.54) is 10.3 Å². The molecule has 1 aliphatic rings. The fraction of sp³-hybridized carbons (Fsp3) is 0.346. The number of piperidine rings is 1. The van der Waals surface area contributed by atoms with E-state index in [2.05, 4.69) is 36.1 Å². The Bertz CT molecular complexity index is 1210. The van der Waals surface area contributed by atoms with Gasteiger partial charge < -0.3 is 4.90 Å². The lowest BCUT2D eigenvalue weighted by Gasteiger charge is -2.34. The van der Waals surface area contributed by atoms with Gasteiger partial charge in [-0.05, 0) is 69.4 Å². The summed E-state index contributed by atoms with van der Waals surface area (Å²) >= 11 is 1.73. The number of thiazole rings is 1. The molecule has 0 unspecified atom stereocenters. The van der Waals surface area contributed by atoms with Crippen molar-refractivity contribution in [2.75, 3.05) is 6.54 Å². The Morgan fingerprint density at radius 3 is 2.66 bits per heavy atom. The normalized spacial score (nSPS) is 16.6. The van der Waals surface area contributed by atoms with E-state index in [1.807, 2.05) is 41.9 Å². The maximum atomic E-state index is 13.3. The number of benzene rings is 2. The highest BCUT2D eigenvalue weighted by Gasteiger charge is 2.30. The number of rotatable bonds is 5. The molecule has 1 atom stereocenters. The second-order valence-electron chi connectivity index (χ2n) is 8.52. The number of fused-ring (bicyclic) bond motifs is 1. The SMILES string of the molecule is Cc1nn(-c2ccccc2)c(C)c1CCC(=O)N1CCCC[C@@H]1c1nc2ccccc2s1. The van der Waals surface area contributed by atoms with Crippen LogP contribution in [0.5, 0.6) is 0 Å². The number of hydrogen-bond acceptors (Lipinski definition) is 4. The summed E-state index contributed by atoms with van der Waals surface area (Å²) in [7, 11) is 0. The van der Waals surface area contributed by atoms with Crippen LogP contribution < -0.4 is 0 Å². The van der Waals surface area contributed by atoms with Crippen LogP contribution in [0.4, 0.5) is 0 Å². The van der Waals surface area contributed by atoms with Crippen LogP contribution >= 0.6 is 11.3 Å². The third kappa shape index (κ3) is 3.95. The first-order valence-electron chi connectivity index (χ1n) is 11.4. The van der Waals surface area contributed by atoms with Gasteiger partial charge in [-0.15, -0.1) is 11.3 Å². The Kier molecular flexibility index (Phi) is 5.79. The fourth-order valence-electron chi connectivity index (χ4n) is 4.75. The van der Waals surface area contributed by atoms with E-state index in [1.54, 1.807) is 11.3 Å². The quantitative estimate of drug-likeness (QED) is 0.392. The van der Waals surface area contributed by atoms with Gasteiger partial charge in [0.15, 0.2) is 0 Å². The van der Waals surface area contributed by atoms with Crippen LogP contribution in [-0.4, -0.2) is 32.1 Å². The highest BCUT2D eigenvalue weighted by molar-refractivity contribution is 7.18. The number of amides is 1. The number of likely N-dealkylation sites (tertiary alicyclic amines) is 1. The third-order valence-electron chi connectivity index (χ3n) is 6.45. The van der Waals surface area contributed by atoms with Crippen molar-refractivity contribution < 1.29 is 4.79 Å². The highest BCUT2D eigenvalue weighted by Crippen LogP contribution is 2.36. The molecular formula is C26H28N4OS. The molecule has 3 heterocycles. The molecule has 164 valence electrons. The number of para-hydroxylation sites is 2. The molecule has 0 aliphatic carbocycles. The minimum Gasteiger partial charge on any atom is -0.333 e. The summed E-state index contributed by atoms with van der Waals surface area (Å²) in [5, 5.41) is 5.81. The van der Waals surface area contributed by atoms with Crippen LogP contribution in [0.2, 0.25) is 0 Å². The Morgan fingerprint density at radius 2 is 1.84 bits per heavy atom. The zero-order valence-electron chi connectivity index (χ0n) is 18.6. The maximum Gasteiger partial charge on any atom is 0.223 e. The van der Waals surface area contributed by atoms with Crippen molar-refractivity contribution in [2.24, 2.45) is 0 Å². The Labute approximate surface area is 192 Å². The summed E-state index contributed by atoms with van der Waals surface area (Å²) < 4.78 is 3.18. The van der Waals surface area contributed by atoms with Crippen molar-refractivity contribution in [3.63, 3.8) is 0 Å². The molecule has 1 aliphatic heterocycles. The van der Waals surface area contributed by atoms with E-state index in [0.717, 1.165) is 53.4 Å². The van der Waals surface area contributed by atoms with Crippen molar-refractivity contribution in [2.45, 2.75) is 52.0 Å². The number of aromatic nitrogens is 3. The van der Waals surface area contributed by atoms with E-state index >= 15 is 0 Å². The van der Waals surface area contributed by atoms with Crippen molar-refractivity contribution in [1.29, 1.82) is 0 Å². The summed E-state index contributed by atoms with van der Waals surface area (Å²) in [6.07, 6.45) is 4.43. The average Bonchev–Trinajstić information content (AvgIpc) is 3.38. The standard InChI is InChI=1S/C26H28N4OS/c1-18-21(19(2)30(28-18)20-10-4-3-5-11-20)15-16-25(31)29-17-9-8-13-23(29)26-27-22-12-6-7-14-24(22)32-26/h3-7,10-12,14,23H,8-9,13,15-17H2,1-2H3/t23-/m1/s1. The lowest BCUT2D eigenvalue weighted by Crippen LogP contribution is -2.38. The number of carbonyl (C=O) groups is 1. The maximum absolute atomic E-state index is 13.3. The second-order valence-corrected chi connectivity index (χ2v) is 9.58. The molecule has 4 aromatic rings. The average molecular weight is 445 g/mol.